The molecule has 2 N–H and O–H groups in total. The molecule has 7 rings (SSSR count). The van der Waals surface area contributed by atoms with Crippen LogP contribution < -0.4 is 15.4 Å². The molecule has 3 heterocycles. The van der Waals surface area contributed by atoms with Crippen LogP contribution in [-0.4, -0.2) is 285 Å². The van der Waals surface area contributed by atoms with E-state index in [1.54, 1.807) is 32.9 Å². The normalized spacial score (nSPS) is 26.3. The molecule has 11 amide bonds. The van der Waals surface area contributed by atoms with E-state index in [1.807, 2.05) is 0 Å². The third kappa shape index (κ3) is 20.3. The van der Waals surface area contributed by atoms with Gasteiger partial charge in [-0.15, -0.1) is 0 Å². The molecule has 598 valence electrons. The van der Waals surface area contributed by atoms with Gasteiger partial charge < -0.3 is 73.7 Å². The Bertz CT molecular complexity index is 3630. The van der Waals surface area contributed by atoms with E-state index >= 15 is 28.8 Å². The number of nitrogens with one attached hydrogen (secondary N) is 2. The maximum atomic E-state index is 15.5. The van der Waals surface area contributed by atoms with Crippen molar-refractivity contribution < 1.29 is 103 Å². The number of nitrogens with zero attached hydrogens (tertiary/aromatic N) is 9. The van der Waals surface area contributed by atoms with Gasteiger partial charge in [0.15, 0.2) is 5.60 Å². The number of aryl methyl sites for hydroxylation is 1. The van der Waals surface area contributed by atoms with Gasteiger partial charge in [0.25, 0.3) is 5.91 Å². The van der Waals surface area contributed by atoms with E-state index in [0.29, 0.717) is 38.5 Å². The predicted molar refractivity (Wildman–Crippen MR) is 380 cm³/mol. The Hall–Kier alpha value is -8.88. The quantitative estimate of drug-likeness (QED) is 0.145. The minimum Gasteiger partial charge on any atom is -0.496 e. The predicted octanol–water partition coefficient (Wildman–Crippen LogP) is 4.88. The third-order valence-corrected chi connectivity index (χ3v) is 21.8. The van der Waals surface area contributed by atoms with Crippen LogP contribution >= 0.6 is 0 Å². The van der Waals surface area contributed by atoms with E-state index in [-0.39, 0.29) is 75.8 Å². The number of alkyl halides is 6. The van der Waals surface area contributed by atoms with Crippen molar-refractivity contribution in [1.29, 1.82) is 0 Å². The molecule has 11 atom stereocenters. The van der Waals surface area contributed by atoms with Crippen LogP contribution in [0.1, 0.15) is 133 Å². The molecule has 27 nitrogen and oxygen atoms in total. The fourth-order valence-electron chi connectivity index (χ4n) is 14.9. The van der Waals surface area contributed by atoms with Crippen molar-refractivity contribution >= 4 is 70.9 Å². The lowest BCUT2D eigenvalue weighted by Crippen LogP contribution is -2.63. The Kier molecular flexibility index (Phi) is 29.6. The first-order valence-corrected chi connectivity index (χ1v) is 36.6. The second-order valence-electron chi connectivity index (χ2n) is 29.2. The van der Waals surface area contributed by atoms with Gasteiger partial charge in [-0.05, 0) is 119 Å². The summed E-state index contributed by atoms with van der Waals surface area (Å²) in [5.74, 6) is -11.9. The number of amides is 11. The summed E-state index contributed by atoms with van der Waals surface area (Å²) in [7, 11) is 13.0. The van der Waals surface area contributed by atoms with E-state index in [4.69, 9.17) is 18.9 Å². The van der Waals surface area contributed by atoms with Crippen LogP contribution in [0.15, 0.2) is 54.6 Å². The van der Waals surface area contributed by atoms with Crippen molar-refractivity contribution in [1.82, 2.24) is 54.7 Å². The summed E-state index contributed by atoms with van der Waals surface area (Å²) in [6.45, 7) is 4.62. The number of esters is 1. The molecule has 2 bridgehead atoms. The Balaban J connectivity index is 1.35. The van der Waals surface area contributed by atoms with Crippen LogP contribution in [-0.2, 0) is 96.9 Å². The zero-order chi connectivity index (χ0) is 80.2. The summed E-state index contributed by atoms with van der Waals surface area (Å²) in [6.07, 6.45) is -7.34. The molecular formula is C75H105F6N11O16. The molecule has 0 unspecified atom stereocenters. The summed E-state index contributed by atoms with van der Waals surface area (Å²) in [4.78, 5) is 191. The van der Waals surface area contributed by atoms with Gasteiger partial charge in [-0.25, -0.2) is 4.79 Å². The van der Waals surface area contributed by atoms with Crippen LogP contribution in [0.3, 0.4) is 0 Å². The number of likely N-dealkylation sites (N-methyl/N-ethyl adjacent to an activating group) is 7. The number of methoxy groups -OCH3 is 2. The molecule has 5 aliphatic rings. The van der Waals surface area contributed by atoms with E-state index in [1.165, 1.54) is 80.2 Å². The summed E-state index contributed by atoms with van der Waals surface area (Å²) in [5.41, 5.74) is -3.70. The first-order valence-electron chi connectivity index (χ1n) is 36.6. The van der Waals surface area contributed by atoms with Crippen LogP contribution in [0.4, 0.5) is 26.3 Å². The summed E-state index contributed by atoms with van der Waals surface area (Å²) >= 11 is 0. The first kappa shape index (κ1) is 86.4. The molecule has 2 aromatic rings. The van der Waals surface area contributed by atoms with Crippen LogP contribution in [0.25, 0.3) is 0 Å². The highest BCUT2D eigenvalue weighted by Gasteiger charge is 2.56. The highest BCUT2D eigenvalue weighted by molar-refractivity contribution is 6.00. The van der Waals surface area contributed by atoms with Crippen molar-refractivity contribution in [3.8, 4) is 5.75 Å². The second kappa shape index (κ2) is 37.0. The molecule has 33 heteroatoms. The van der Waals surface area contributed by atoms with Crippen LogP contribution in [0, 0.1) is 11.8 Å². The number of ether oxygens (including phenoxy) is 4. The Morgan fingerprint density at radius 3 is 1.92 bits per heavy atom. The van der Waals surface area contributed by atoms with Crippen molar-refractivity contribution in [3.63, 3.8) is 0 Å². The van der Waals surface area contributed by atoms with E-state index in [9.17, 15) is 55.1 Å². The Morgan fingerprint density at radius 2 is 1.34 bits per heavy atom. The number of hydrogen-bond acceptors (Lipinski definition) is 16. The maximum Gasteiger partial charge on any atom is 0.419 e. The molecule has 1 spiro atoms. The first-order chi connectivity index (χ1) is 50.7. The van der Waals surface area contributed by atoms with Gasteiger partial charge in [-0.1, -0.05) is 63.5 Å². The lowest BCUT2D eigenvalue weighted by molar-refractivity contribution is -0.190. The Morgan fingerprint density at radius 1 is 0.704 bits per heavy atom. The summed E-state index contributed by atoms with van der Waals surface area (Å²) in [5, 5.41) is 5.45. The average molecular weight is 1530 g/mol. The van der Waals surface area contributed by atoms with Crippen molar-refractivity contribution in [2.24, 2.45) is 11.8 Å². The van der Waals surface area contributed by atoms with Gasteiger partial charge in [-0.3, -0.25) is 52.7 Å². The van der Waals surface area contributed by atoms with Crippen molar-refractivity contribution in [2.75, 3.05) is 103 Å². The van der Waals surface area contributed by atoms with Gasteiger partial charge >= 0.3 is 18.3 Å². The third-order valence-electron chi connectivity index (χ3n) is 21.8. The SMILES string of the molecule is CCO[C@@H]1C[C@H]2C(=O)OC3(CCC3)C(=O)N(C)[C@@H](C3CCCC3)C(=O)N(C)[C@H](C(=O)N(C)C)CC(=O)N(C)[C@@H]([C@@H](C)OC)C(=O)N[C@@H]([C@@H](C)CC)C(=O)N(C)CC(=O)N(C)[C@H]3C/C=C\CCN(C3=O)[C@@H](Cc3ccc(C(F)(F)F)cc3)C(=O)N(C)CC(=O)N[C@@H](CCc3ccc(C(F)(F)F)c(OC)c3)C(=O)N2C1. The monoisotopic (exact) mass is 1530 g/mol. The lowest BCUT2D eigenvalue weighted by Gasteiger charge is -2.45. The van der Waals surface area contributed by atoms with Crippen molar-refractivity contribution in [3.05, 3.63) is 76.9 Å². The van der Waals surface area contributed by atoms with E-state index in [0.717, 1.165) is 83.9 Å². The standard InChI is InChI=1S/C75H105F6N11O16/c1-15-44(3)61-69(101)86(8)43-60(95)87(9)53-25-18-17-21-36-91(68(53)100)55(37-46-26-30-49(31-27-46)74(76,77)78)67(99)85(7)42-58(93)82-52(33-29-47-28-32-51(75(79,80)81)57(38-47)106-14)65(97)92-41-50(107-16-2)39-56(92)71(103)108-73(34-22-35-73)72(104)90(12)63(48-23-19-20-24-48)70(102)88(10)54(66(98)84(5)6)40-59(94)89(11)62(45(4)105-13)64(96)83-61/h17-18,26-28,30-32,38,44-45,48,50,52-56,61-63H,15-16,19-25,29,33-37,39-43H2,1-14H3,(H,82,93)(H,83,96)/b18-17-/t44-,45+,50+,52-,53-,54-,55-,56-,61-,62-,63-/m0/s1. The molecule has 0 radical (unpaired) electrons. The molecule has 2 saturated heterocycles. The molecule has 2 aliphatic carbocycles. The number of carbonyl (C=O) groups excluding carboxylic acids is 12. The lowest BCUT2D eigenvalue weighted by atomic mass is 9.78. The number of halogens is 6. The van der Waals surface area contributed by atoms with E-state index in [2.05, 4.69) is 10.6 Å². The molecule has 4 fully saturated rings. The largest absolute Gasteiger partial charge is 0.496 e. The van der Waals surface area contributed by atoms with Gasteiger partial charge in [0, 0.05) is 96.0 Å². The molecule has 2 aromatic carbocycles. The van der Waals surface area contributed by atoms with Crippen LogP contribution in [0.2, 0.25) is 0 Å². The smallest absolute Gasteiger partial charge is 0.419 e. The molecule has 108 heavy (non-hydrogen) atoms. The van der Waals surface area contributed by atoms with E-state index < -0.39 is 204 Å². The zero-order valence-corrected chi connectivity index (χ0v) is 64.1. The average Bonchev–Trinajstić information content (AvgIpc) is 1.40. The molecule has 2 saturated carbocycles. The fraction of sp³-hybridized carbons (Fsp3) is 0.653. The van der Waals surface area contributed by atoms with Crippen molar-refractivity contribution in [2.45, 2.75) is 203 Å². The zero-order valence-electron chi connectivity index (χ0n) is 64.1. The number of hydrogen-bond donors (Lipinski definition) is 2. The molecular weight excluding hydrogens is 1420 g/mol. The minimum atomic E-state index is -4.83. The number of rotatable bonds is 14. The number of fused-ring (bicyclic) bond motifs is 3. The summed E-state index contributed by atoms with van der Waals surface area (Å²) < 4.78 is 108. The molecule has 3 aliphatic heterocycles. The van der Waals surface area contributed by atoms with Crippen LogP contribution in [0.5, 0.6) is 5.75 Å². The maximum absolute atomic E-state index is 15.5. The molecule has 0 aromatic heterocycles. The minimum absolute atomic E-state index is 0.0357. The second-order valence-corrected chi connectivity index (χ2v) is 29.2. The topological polar surface area (TPSA) is 295 Å². The highest BCUT2D eigenvalue weighted by Crippen LogP contribution is 2.42. The number of benzene rings is 2. The Labute approximate surface area is 626 Å². The highest BCUT2D eigenvalue weighted by atomic mass is 19.4. The van der Waals surface area contributed by atoms with Gasteiger partial charge in [0.1, 0.15) is 54.1 Å². The van der Waals surface area contributed by atoms with Gasteiger partial charge in [-0.2, -0.15) is 26.3 Å². The van der Waals surface area contributed by atoms with Gasteiger partial charge in [0.2, 0.25) is 59.1 Å². The number of carbonyl (C=O) groups is 12. The fourth-order valence-corrected chi connectivity index (χ4v) is 14.9. The summed E-state index contributed by atoms with van der Waals surface area (Å²) in [6, 6.07) is -5.06. The van der Waals surface area contributed by atoms with Gasteiger partial charge in [0.05, 0.1) is 50.0 Å².